The number of amides is 2. The second kappa shape index (κ2) is 9.79. The monoisotopic (exact) mass is 490 g/mol. The number of hydrogen-bond donors (Lipinski definition) is 2. The van der Waals surface area contributed by atoms with Crippen LogP contribution in [0.2, 0.25) is 0 Å². The number of ether oxygens (including phenoxy) is 1. The number of aromatic nitrogens is 1. The third kappa shape index (κ3) is 5.00. The fraction of sp³-hybridized carbons (Fsp3) is 0.269. The highest BCUT2D eigenvalue weighted by atomic mass is 32.1. The third-order valence-corrected chi connectivity index (χ3v) is 6.98. The number of nitrogens with two attached hydrogens (primary N) is 1. The molecule has 3 N–H and O–H groups in total. The first-order valence-corrected chi connectivity index (χ1v) is 12.3. The van der Waals surface area contributed by atoms with Crippen molar-refractivity contribution in [3.63, 3.8) is 0 Å². The van der Waals surface area contributed by atoms with Crippen molar-refractivity contribution >= 4 is 39.3 Å². The van der Waals surface area contributed by atoms with Crippen LogP contribution < -0.4 is 15.8 Å². The van der Waals surface area contributed by atoms with Gasteiger partial charge in [0.25, 0.3) is 11.8 Å². The third-order valence-electron chi connectivity index (χ3n) is 6.05. The standard InChI is InChI=1S/C26H26N4O4S/c1-33-18-5-2-4-17(14-18)23-22(29-26(27)35-23)25(32)30(15-16-8-9-16)12-11-28-24(31)20-6-3-7-21-19(20)10-13-34-21/h2-7,10,13-14,16H,8-9,11-12,15H2,1H3,(H2,27,29)(H,28,31). The largest absolute Gasteiger partial charge is 0.497 e. The molecule has 2 aromatic carbocycles. The van der Waals surface area contributed by atoms with Crippen LogP contribution in [0.3, 0.4) is 0 Å². The molecule has 2 aromatic heterocycles. The van der Waals surface area contributed by atoms with Crippen molar-refractivity contribution in [3.8, 4) is 16.2 Å². The van der Waals surface area contributed by atoms with Crippen molar-refractivity contribution in [1.82, 2.24) is 15.2 Å². The van der Waals surface area contributed by atoms with Crippen LogP contribution in [0.5, 0.6) is 5.75 Å². The molecule has 4 aromatic rings. The highest BCUT2D eigenvalue weighted by Gasteiger charge is 2.30. The van der Waals surface area contributed by atoms with E-state index in [2.05, 4.69) is 10.3 Å². The number of methoxy groups -OCH3 is 1. The van der Waals surface area contributed by atoms with Gasteiger partial charge in [0.05, 0.1) is 23.8 Å². The van der Waals surface area contributed by atoms with Gasteiger partial charge >= 0.3 is 0 Å². The van der Waals surface area contributed by atoms with Gasteiger partial charge < -0.3 is 25.1 Å². The van der Waals surface area contributed by atoms with E-state index in [1.807, 2.05) is 30.3 Å². The molecule has 0 aliphatic heterocycles. The predicted octanol–water partition coefficient (Wildman–Crippen LogP) is 4.43. The van der Waals surface area contributed by atoms with Gasteiger partial charge in [0.2, 0.25) is 0 Å². The predicted molar refractivity (Wildman–Crippen MR) is 136 cm³/mol. The molecule has 9 heteroatoms. The van der Waals surface area contributed by atoms with Crippen LogP contribution in [-0.2, 0) is 0 Å². The fourth-order valence-corrected chi connectivity index (χ4v) is 4.89. The normalized spacial score (nSPS) is 13.1. The van der Waals surface area contributed by atoms with Crippen LogP contribution in [0.4, 0.5) is 5.13 Å². The summed E-state index contributed by atoms with van der Waals surface area (Å²) in [6.07, 6.45) is 3.76. The lowest BCUT2D eigenvalue weighted by Crippen LogP contribution is -2.40. The van der Waals surface area contributed by atoms with Crippen molar-refractivity contribution < 1.29 is 18.7 Å². The number of fused-ring (bicyclic) bond motifs is 1. The van der Waals surface area contributed by atoms with E-state index in [1.165, 1.54) is 11.3 Å². The smallest absolute Gasteiger partial charge is 0.274 e. The molecule has 0 radical (unpaired) electrons. The lowest BCUT2D eigenvalue weighted by Gasteiger charge is -2.22. The molecule has 1 fully saturated rings. The minimum absolute atomic E-state index is 0.186. The maximum Gasteiger partial charge on any atom is 0.274 e. The first kappa shape index (κ1) is 22.9. The van der Waals surface area contributed by atoms with Crippen LogP contribution in [-0.4, -0.2) is 48.4 Å². The Morgan fingerprint density at radius 3 is 2.86 bits per heavy atom. The summed E-state index contributed by atoms with van der Waals surface area (Å²) in [4.78, 5) is 33.3. The number of anilines is 1. The second-order valence-corrected chi connectivity index (χ2v) is 9.58. The van der Waals surface area contributed by atoms with Gasteiger partial charge in [0.15, 0.2) is 5.13 Å². The summed E-state index contributed by atoms with van der Waals surface area (Å²) in [7, 11) is 1.60. The summed E-state index contributed by atoms with van der Waals surface area (Å²) in [5, 5.41) is 4.04. The van der Waals surface area contributed by atoms with E-state index in [0.29, 0.717) is 58.2 Å². The molecule has 0 unspecified atom stereocenters. The Hall–Kier alpha value is -3.85. The number of nitrogens with zero attached hydrogens (tertiary/aromatic N) is 2. The number of nitrogen functional groups attached to an aromatic ring is 1. The number of nitrogens with one attached hydrogen (secondary N) is 1. The number of furan rings is 1. The zero-order valence-electron chi connectivity index (χ0n) is 19.3. The van der Waals surface area contributed by atoms with Gasteiger partial charge in [-0.1, -0.05) is 29.5 Å². The minimum Gasteiger partial charge on any atom is -0.497 e. The highest BCUT2D eigenvalue weighted by Crippen LogP contribution is 2.35. The SMILES string of the molecule is COc1cccc(-c2sc(N)nc2C(=O)N(CCNC(=O)c2cccc3occc23)CC2CC2)c1. The summed E-state index contributed by atoms with van der Waals surface area (Å²) in [6.45, 7) is 1.32. The Bertz CT molecular complexity index is 1370. The molecule has 5 rings (SSSR count). The summed E-state index contributed by atoms with van der Waals surface area (Å²) >= 11 is 1.28. The van der Waals surface area contributed by atoms with Gasteiger partial charge in [-0.25, -0.2) is 4.98 Å². The van der Waals surface area contributed by atoms with Crippen LogP contribution >= 0.6 is 11.3 Å². The Kier molecular flexibility index (Phi) is 6.41. The lowest BCUT2D eigenvalue weighted by molar-refractivity contribution is 0.0737. The number of carbonyl (C=O) groups excluding carboxylic acids is 2. The fourth-order valence-electron chi connectivity index (χ4n) is 4.07. The summed E-state index contributed by atoms with van der Waals surface area (Å²) in [6, 6.07) is 14.6. The summed E-state index contributed by atoms with van der Waals surface area (Å²) in [5.74, 6) is 0.781. The Morgan fingerprint density at radius 2 is 2.06 bits per heavy atom. The van der Waals surface area contributed by atoms with Gasteiger partial charge in [-0.15, -0.1) is 0 Å². The molecule has 1 aliphatic carbocycles. The Labute approximate surface area is 206 Å². The van der Waals surface area contributed by atoms with Crippen LogP contribution in [0.15, 0.2) is 59.2 Å². The van der Waals surface area contributed by atoms with Gasteiger partial charge in [0, 0.05) is 25.0 Å². The van der Waals surface area contributed by atoms with Crippen molar-refractivity contribution in [2.75, 3.05) is 32.5 Å². The van der Waals surface area contributed by atoms with E-state index in [1.54, 1.807) is 36.5 Å². The number of carbonyl (C=O) groups is 2. The zero-order chi connectivity index (χ0) is 24.4. The molecule has 1 saturated carbocycles. The van der Waals surface area contributed by atoms with Crippen molar-refractivity contribution in [1.29, 1.82) is 0 Å². The molecule has 35 heavy (non-hydrogen) atoms. The van der Waals surface area contributed by atoms with Crippen LogP contribution in [0, 0.1) is 5.92 Å². The molecule has 180 valence electrons. The second-order valence-electron chi connectivity index (χ2n) is 8.55. The molecular formula is C26H26N4O4S. The van der Waals surface area contributed by atoms with Gasteiger partial charge in [-0.3, -0.25) is 9.59 Å². The van der Waals surface area contributed by atoms with E-state index in [4.69, 9.17) is 14.9 Å². The average molecular weight is 491 g/mol. The van der Waals surface area contributed by atoms with Crippen molar-refractivity contribution in [3.05, 3.63) is 66.1 Å². The number of benzene rings is 2. The highest BCUT2D eigenvalue weighted by molar-refractivity contribution is 7.19. The number of hydrogen-bond acceptors (Lipinski definition) is 7. The van der Waals surface area contributed by atoms with Crippen LogP contribution in [0.1, 0.15) is 33.7 Å². The molecule has 0 saturated heterocycles. The first-order valence-electron chi connectivity index (χ1n) is 11.5. The molecule has 2 amide bonds. The first-order chi connectivity index (χ1) is 17.0. The minimum atomic E-state index is -0.203. The van der Waals surface area contributed by atoms with E-state index in [0.717, 1.165) is 23.8 Å². The van der Waals surface area contributed by atoms with Gasteiger partial charge in [-0.05, 0) is 54.7 Å². The lowest BCUT2D eigenvalue weighted by atomic mass is 10.1. The summed E-state index contributed by atoms with van der Waals surface area (Å²) in [5.41, 5.74) is 8.39. The Balaban J connectivity index is 1.32. The van der Waals surface area contributed by atoms with Crippen LogP contribution in [0.25, 0.3) is 21.4 Å². The number of rotatable bonds is 9. The maximum atomic E-state index is 13.6. The van der Waals surface area contributed by atoms with E-state index >= 15 is 0 Å². The molecule has 2 heterocycles. The Morgan fingerprint density at radius 1 is 1.23 bits per heavy atom. The van der Waals surface area contributed by atoms with E-state index in [9.17, 15) is 9.59 Å². The zero-order valence-corrected chi connectivity index (χ0v) is 20.1. The van der Waals surface area contributed by atoms with E-state index < -0.39 is 0 Å². The molecule has 0 spiro atoms. The van der Waals surface area contributed by atoms with E-state index in [-0.39, 0.29) is 11.8 Å². The van der Waals surface area contributed by atoms with Crippen molar-refractivity contribution in [2.45, 2.75) is 12.8 Å². The average Bonchev–Trinajstić information content (AvgIpc) is 3.40. The molecule has 8 nitrogen and oxygen atoms in total. The molecule has 0 bridgehead atoms. The molecule has 1 aliphatic rings. The van der Waals surface area contributed by atoms with Gasteiger partial charge in [-0.2, -0.15) is 0 Å². The molecule has 0 atom stereocenters. The summed E-state index contributed by atoms with van der Waals surface area (Å²) < 4.78 is 10.7. The quantitative estimate of drug-likeness (QED) is 0.359. The van der Waals surface area contributed by atoms with Gasteiger partial charge in [0.1, 0.15) is 17.0 Å². The number of thiazole rings is 1. The maximum absolute atomic E-state index is 13.6. The topological polar surface area (TPSA) is 111 Å². The molecular weight excluding hydrogens is 464 g/mol. The van der Waals surface area contributed by atoms with Crippen molar-refractivity contribution in [2.24, 2.45) is 5.92 Å².